The van der Waals surface area contributed by atoms with E-state index >= 15 is 0 Å². The van der Waals surface area contributed by atoms with Crippen LogP contribution in [0.1, 0.15) is 27.2 Å². The van der Waals surface area contributed by atoms with Gasteiger partial charge in [0, 0.05) is 12.6 Å². The number of rotatable bonds is 3. The second-order valence-electron chi connectivity index (χ2n) is 4.84. The lowest BCUT2D eigenvalue weighted by Gasteiger charge is -2.39. The van der Waals surface area contributed by atoms with Crippen molar-refractivity contribution in [2.45, 2.75) is 39.3 Å². The Labute approximate surface area is 91.4 Å². The van der Waals surface area contributed by atoms with Gasteiger partial charge in [0.15, 0.2) is 0 Å². The Morgan fingerprint density at radius 1 is 1.47 bits per heavy atom. The van der Waals surface area contributed by atoms with Gasteiger partial charge in [-0.05, 0) is 31.7 Å². The fourth-order valence-corrected chi connectivity index (χ4v) is 2.10. The van der Waals surface area contributed by atoms with Gasteiger partial charge in [-0.1, -0.05) is 13.8 Å². The van der Waals surface area contributed by atoms with Crippen molar-refractivity contribution in [1.82, 2.24) is 4.90 Å². The first-order valence-electron chi connectivity index (χ1n) is 5.66. The molecule has 0 saturated carbocycles. The quantitative estimate of drug-likeness (QED) is 0.728. The molecule has 3 N–H and O–H groups in total. The van der Waals surface area contributed by atoms with E-state index in [0.29, 0.717) is 5.92 Å². The maximum atomic E-state index is 10.8. The summed E-state index contributed by atoms with van der Waals surface area (Å²) in [4.78, 5) is 13.0. The SMILES string of the molecule is CC1CCN(C(C)C(N)C(=O)O)CC1C. The van der Waals surface area contributed by atoms with Gasteiger partial charge in [-0.15, -0.1) is 0 Å². The third-order valence-electron chi connectivity index (χ3n) is 3.75. The molecule has 0 radical (unpaired) electrons. The summed E-state index contributed by atoms with van der Waals surface area (Å²) in [5.41, 5.74) is 5.63. The van der Waals surface area contributed by atoms with Crippen LogP contribution in [-0.2, 0) is 4.79 Å². The van der Waals surface area contributed by atoms with Crippen LogP contribution in [0.15, 0.2) is 0 Å². The molecule has 1 saturated heterocycles. The molecule has 1 fully saturated rings. The van der Waals surface area contributed by atoms with E-state index in [-0.39, 0.29) is 6.04 Å². The lowest BCUT2D eigenvalue weighted by Crippen LogP contribution is -2.53. The number of likely N-dealkylation sites (tertiary alicyclic amines) is 1. The zero-order chi connectivity index (χ0) is 11.6. The highest BCUT2D eigenvalue weighted by Crippen LogP contribution is 2.24. The second kappa shape index (κ2) is 4.94. The van der Waals surface area contributed by atoms with Crippen molar-refractivity contribution < 1.29 is 9.90 Å². The molecule has 0 amide bonds. The molecule has 1 aliphatic heterocycles. The van der Waals surface area contributed by atoms with Crippen molar-refractivity contribution in [1.29, 1.82) is 0 Å². The van der Waals surface area contributed by atoms with Gasteiger partial charge in [0.05, 0.1) is 0 Å². The Bertz CT molecular complexity index is 233. The van der Waals surface area contributed by atoms with Crippen molar-refractivity contribution in [3.05, 3.63) is 0 Å². The zero-order valence-corrected chi connectivity index (χ0v) is 9.81. The molecule has 0 spiro atoms. The predicted molar refractivity (Wildman–Crippen MR) is 59.6 cm³/mol. The summed E-state index contributed by atoms with van der Waals surface area (Å²) in [5, 5.41) is 8.85. The number of carboxylic acids is 1. The summed E-state index contributed by atoms with van der Waals surface area (Å²) < 4.78 is 0. The van der Waals surface area contributed by atoms with E-state index in [4.69, 9.17) is 10.8 Å². The van der Waals surface area contributed by atoms with Crippen LogP contribution in [-0.4, -0.2) is 41.1 Å². The number of nitrogens with zero attached hydrogens (tertiary/aromatic N) is 1. The molecule has 15 heavy (non-hydrogen) atoms. The van der Waals surface area contributed by atoms with Gasteiger partial charge in [-0.2, -0.15) is 0 Å². The summed E-state index contributed by atoms with van der Waals surface area (Å²) in [6.07, 6.45) is 1.14. The van der Waals surface area contributed by atoms with Crippen molar-refractivity contribution >= 4 is 5.97 Å². The number of nitrogens with two attached hydrogens (primary N) is 1. The molecule has 0 bridgehead atoms. The Morgan fingerprint density at radius 2 is 2.07 bits per heavy atom. The third kappa shape index (κ3) is 2.92. The maximum absolute atomic E-state index is 10.8. The van der Waals surface area contributed by atoms with Crippen molar-refractivity contribution in [3.8, 4) is 0 Å². The number of carboxylic acid groups (broad SMARTS) is 1. The smallest absolute Gasteiger partial charge is 0.322 e. The largest absolute Gasteiger partial charge is 0.480 e. The minimum absolute atomic E-state index is 0.0718. The molecule has 1 aliphatic rings. The average Bonchev–Trinajstić information content (AvgIpc) is 2.19. The molecule has 4 nitrogen and oxygen atoms in total. The molecule has 88 valence electrons. The lowest BCUT2D eigenvalue weighted by molar-refractivity contribution is -0.140. The molecular weight excluding hydrogens is 192 g/mol. The normalized spacial score (nSPS) is 32.3. The number of hydrogen-bond acceptors (Lipinski definition) is 3. The van der Waals surface area contributed by atoms with Gasteiger partial charge in [0.2, 0.25) is 0 Å². The zero-order valence-electron chi connectivity index (χ0n) is 9.81. The topological polar surface area (TPSA) is 66.6 Å². The Kier molecular flexibility index (Phi) is 4.11. The third-order valence-corrected chi connectivity index (χ3v) is 3.75. The highest BCUT2D eigenvalue weighted by Gasteiger charge is 2.30. The van der Waals surface area contributed by atoms with Crippen LogP contribution in [0.25, 0.3) is 0 Å². The summed E-state index contributed by atoms with van der Waals surface area (Å²) in [6, 6.07) is -0.844. The Hall–Kier alpha value is -0.610. The fraction of sp³-hybridized carbons (Fsp3) is 0.909. The molecule has 0 aromatic rings. The predicted octanol–water partition coefficient (Wildman–Crippen LogP) is 0.765. The van der Waals surface area contributed by atoms with Gasteiger partial charge >= 0.3 is 5.97 Å². The number of hydrogen-bond donors (Lipinski definition) is 2. The molecule has 0 aliphatic carbocycles. The van der Waals surface area contributed by atoms with Crippen LogP contribution in [0.2, 0.25) is 0 Å². The van der Waals surface area contributed by atoms with Crippen LogP contribution < -0.4 is 5.73 Å². The van der Waals surface area contributed by atoms with E-state index in [1.165, 1.54) is 0 Å². The number of aliphatic carboxylic acids is 1. The van der Waals surface area contributed by atoms with E-state index in [1.807, 2.05) is 6.92 Å². The summed E-state index contributed by atoms with van der Waals surface area (Å²) >= 11 is 0. The standard InChI is InChI=1S/C11H22N2O2/c1-7-4-5-13(6-8(7)2)9(3)10(12)11(14)15/h7-10H,4-6,12H2,1-3H3,(H,14,15). The molecule has 4 heteroatoms. The molecule has 1 heterocycles. The lowest BCUT2D eigenvalue weighted by atomic mass is 9.87. The number of carbonyl (C=O) groups is 1. The summed E-state index contributed by atoms with van der Waals surface area (Å²) in [5.74, 6) is 0.450. The van der Waals surface area contributed by atoms with E-state index in [0.717, 1.165) is 25.4 Å². The first-order valence-corrected chi connectivity index (χ1v) is 5.66. The van der Waals surface area contributed by atoms with E-state index in [9.17, 15) is 4.79 Å². The van der Waals surface area contributed by atoms with Gasteiger partial charge < -0.3 is 10.8 Å². The fourth-order valence-electron chi connectivity index (χ4n) is 2.10. The van der Waals surface area contributed by atoms with Crippen LogP contribution in [0.3, 0.4) is 0 Å². The van der Waals surface area contributed by atoms with Gasteiger partial charge in [0.25, 0.3) is 0 Å². The average molecular weight is 214 g/mol. The first kappa shape index (κ1) is 12.5. The summed E-state index contributed by atoms with van der Waals surface area (Å²) in [6.45, 7) is 8.30. The number of piperidine rings is 1. The van der Waals surface area contributed by atoms with Gasteiger partial charge in [0.1, 0.15) is 6.04 Å². The van der Waals surface area contributed by atoms with Crippen molar-refractivity contribution in [2.24, 2.45) is 17.6 Å². The van der Waals surface area contributed by atoms with E-state index in [2.05, 4.69) is 18.7 Å². The maximum Gasteiger partial charge on any atom is 0.322 e. The van der Waals surface area contributed by atoms with Gasteiger partial charge in [-0.25, -0.2) is 0 Å². The molecule has 4 atom stereocenters. The van der Waals surface area contributed by atoms with Crippen LogP contribution in [0, 0.1) is 11.8 Å². The molecule has 4 unspecified atom stereocenters. The van der Waals surface area contributed by atoms with Crippen molar-refractivity contribution in [3.63, 3.8) is 0 Å². The van der Waals surface area contributed by atoms with E-state index < -0.39 is 12.0 Å². The monoisotopic (exact) mass is 214 g/mol. The minimum Gasteiger partial charge on any atom is -0.480 e. The minimum atomic E-state index is -0.909. The van der Waals surface area contributed by atoms with Crippen LogP contribution >= 0.6 is 0 Å². The van der Waals surface area contributed by atoms with E-state index in [1.54, 1.807) is 0 Å². The Balaban J connectivity index is 2.54. The first-order chi connectivity index (χ1) is 6.93. The van der Waals surface area contributed by atoms with Crippen molar-refractivity contribution in [2.75, 3.05) is 13.1 Å². The molecule has 1 rings (SSSR count). The second-order valence-corrected chi connectivity index (χ2v) is 4.84. The van der Waals surface area contributed by atoms with Gasteiger partial charge in [-0.3, -0.25) is 9.69 Å². The molecular formula is C11H22N2O2. The van der Waals surface area contributed by atoms with Crippen LogP contribution in [0.4, 0.5) is 0 Å². The highest BCUT2D eigenvalue weighted by atomic mass is 16.4. The molecule has 0 aromatic heterocycles. The molecule has 0 aromatic carbocycles. The van der Waals surface area contributed by atoms with Crippen LogP contribution in [0.5, 0.6) is 0 Å². The summed E-state index contributed by atoms with van der Waals surface area (Å²) in [7, 11) is 0. The highest BCUT2D eigenvalue weighted by molar-refractivity contribution is 5.74. The Morgan fingerprint density at radius 3 is 2.53 bits per heavy atom.